The molecule has 0 fully saturated rings. The second-order valence-corrected chi connectivity index (χ2v) is 4.34. The number of carbonyl (C=O) groups is 2. The highest BCUT2D eigenvalue weighted by molar-refractivity contribution is 5.96. The van der Waals surface area contributed by atoms with E-state index in [0.29, 0.717) is 0 Å². The Bertz CT molecular complexity index is 449. The summed E-state index contributed by atoms with van der Waals surface area (Å²) in [5.41, 5.74) is -0.257. The summed E-state index contributed by atoms with van der Waals surface area (Å²) in [5, 5.41) is 11.2. The number of rotatable bonds is 5. The van der Waals surface area contributed by atoms with Crippen LogP contribution in [0.25, 0.3) is 0 Å². The van der Waals surface area contributed by atoms with Crippen molar-refractivity contribution in [1.29, 1.82) is 0 Å². The van der Waals surface area contributed by atoms with Gasteiger partial charge in [-0.3, -0.25) is 4.79 Å². The van der Waals surface area contributed by atoms with Gasteiger partial charge in [0.1, 0.15) is 6.04 Å². The van der Waals surface area contributed by atoms with Gasteiger partial charge in [0.25, 0.3) is 5.91 Å². The van der Waals surface area contributed by atoms with Gasteiger partial charge in [-0.05, 0) is 24.5 Å². The van der Waals surface area contributed by atoms with E-state index in [1.54, 1.807) is 0 Å². The van der Waals surface area contributed by atoms with E-state index in [9.17, 15) is 14.0 Å². The van der Waals surface area contributed by atoms with E-state index in [2.05, 4.69) is 10.3 Å². The maximum Gasteiger partial charge on any atom is 0.326 e. The topological polar surface area (TPSA) is 79.3 Å². The molecule has 1 aromatic rings. The third-order valence-electron chi connectivity index (χ3n) is 2.31. The number of amides is 1. The molecule has 98 valence electrons. The molecule has 0 saturated carbocycles. The second-order valence-electron chi connectivity index (χ2n) is 4.34. The molecule has 0 spiro atoms. The average Bonchev–Trinajstić information content (AvgIpc) is 2.27. The number of hydrogen-bond acceptors (Lipinski definition) is 3. The predicted molar refractivity (Wildman–Crippen MR) is 62.5 cm³/mol. The lowest BCUT2D eigenvalue weighted by Gasteiger charge is -2.16. The molecule has 1 aromatic heterocycles. The van der Waals surface area contributed by atoms with Crippen molar-refractivity contribution >= 4 is 11.9 Å². The molecule has 6 heteroatoms. The van der Waals surface area contributed by atoms with Crippen LogP contribution in [0.5, 0.6) is 0 Å². The van der Waals surface area contributed by atoms with E-state index in [1.165, 1.54) is 18.3 Å². The van der Waals surface area contributed by atoms with Crippen molar-refractivity contribution in [3.05, 3.63) is 29.8 Å². The number of nitrogens with zero attached hydrogens (tertiary/aromatic N) is 1. The minimum atomic E-state index is -1.14. The minimum absolute atomic E-state index is 0.102. The monoisotopic (exact) mass is 254 g/mol. The molecule has 0 aromatic carbocycles. The first-order valence-electron chi connectivity index (χ1n) is 5.56. The molecule has 2 N–H and O–H groups in total. The number of aromatic nitrogens is 1. The molecule has 0 radical (unpaired) electrons. The van der Waals surface area contributed by atoms with Gasteiger partial charge >= 0.3 is 5.97 Å². The van der Waals surface area contributed by atoms with Crippen molar-refractivity contribution < 1.29 is 19.1 Å². The van der Waals surface area contributed by atoms with Crippen LogP contribution in [0, 0.1) is 11.9 Å². The van der Waals surface area contributed by atoms with Gasteiger partial charge in [-0.25, -0.2) is 9.78 Å². The van der Waals surface area contributed by atoms with Gasteiger partial charge in [-0.2, -0.15) is 4.39 Å². The van der Waals surface area contributed by atoms with Crippen molar-refractivity contribution in [2.24, 2.45) is 5.92 Å². The number of carboxylic acids is 1. The Balaban J connectivity index is 2.79. The molecule has 1 amide bonds. The maximum absolute atomic E-state index is 13.2. The summed E-state index contributed by atoms with van der Waals surface area (Å²) in [5.74, 6) is -2.72. The summed E-state index contributed by atoms with van der Waals surface area (Å²) in [7, 11) is 0. The first kappa shape index (κ1) is 14.1. The third kappa shape index (κ3) is 3.80. The van der Waals surface area contributed by atoms with E-state index < -0.39 is 23.9 Å². The quantitative estimate of drug-likeness (QED) is 0.779. The largest absolute Gasteiger partial charge is 0.480 e. The standard InChI is InChI=1S/C12H15FN2O3/c1-7(2)6-9(12(17)18)15-11(16)8-4-3-5-14-10(8)13/h3-5,7,9H,6H2,1-2H3,(H,15,16)(H,17,18)/t9-/m1/s1. The molecule has 1 heterocycles. The summed E-state index contributed by atoms with van der Waals surface area (Å²) < 4.78 is 13.2. The van der Waals surface area contributed by atoms with E-state index >= 15 is 0 Å². The van der Waals surface area contributed by atoms with Gasteiger partial charge in [0, 0.05) is 6.20 Å². The van der Waals surface area contributed by atoms with Crippen molar-refractivity contribution in [3.8, 4) is 0 Å². The highest BCUT2D eigenvalue weighted by Crippen LogP contribution is 2.08. The van der Waals surface area contributed by atoms with E-state index in [0.717, 1.165) is 0 Å². The number of carboxylic acid groups (broad SMARTS) is 1. The summed E-state index contributed by atoms with van der Waals surface area (Å²) in [6, 6.07) is 1.64. The van der Waals surface area contributed by atoms with Crippen LogP contribution < -0.4 is 5.32 Å². The van der Waals surface area contributed by atoms with Crippen LogP contribution >= 0.6 is 0 Å². The molecule has 1 atom stereocenters. The zero-order chi connectivity index (χ0) is 13.7. The number of nitrogens with one attached hydrogen (secondary N) is 1. The lowest BCUT2D eigenvalue weighted by Crippen LogP contribution is -2.42. The molecule has 1 rings (SSSR count). The van der Waals surface area contributed by atoms with Gasteiger partial charge in [-0.1, -0.05) is 13.8 Å². The molecule has 0 aliphatic heterocycles. The zero-order valence-corrected chi connectivity index (χ0v) is 10.2. The third-order valence-corrected chi connectivity index (χ3v) is 2.31. The first-order chi connectivity index (χ1) is 8.41. The lowest BCUT2D eigenvalue weighted by atomic mass is 10.0. The maximum atomic E-state index is 13.2. The van der Waals surface area contributed by atoms with Crippen LogP contribution in [0.3, 0.4) is 0 Å². The van der Waals surface area contributed by atoms with Crippen molar-refractivity contribution in [1.82, 2.24) is 10.3 Å². The Kier molecular flexibility index (Phi) is 4.76. The molecular weight excluding hydrogens is 239 g/mol. The van der Waals surface area contributed by atoms with Crippen LogP contribution in [0.4, 0.5) is 4.39 Å². The average molecular weight is 254 g/mol. The van der Waals surface area contributed by atoms with Crippen LogP contribution in [-0.4, -0.2) is 28.0 Å². The van der Waals surface area contributed by atoms with Crippen molar-refractivity contribution in [3.63, 3.8) is 0 Å². The summed E-state index contributed by atoms with van der Waals surface area (Å²) in [6.07, 6.45) is 1.50. The number of aliphatic carboxylic acids is 1. The van der Waals surface area contributed by atoms with Crippen LogP contribution in [-0.2, 0) is 4.79 Å². The van der Waals surface area contributed by atoms with E-state index in [4.69, 9.17) is 5.11 Å². The smallest absolute Gasteiger partial charge is 0.326 e. The van der Waals surface area contributed by atoms with Crippen LogP contribution in [0.1, 0.15) is 30.6 Å². The van der Waals surface area contributed by atoms with Crippen LogP contribution in [0.15, 0.2) is 18.3 Å². The van der Waals surface area contributed by atoms with Gasteiger partial charge < -0.3 is 10.4 Å². The summed E-state index contributed by atoms with van der Waals surface area (Å²) in [6.45, 7) is 3.68. The molecule has 0 aliphatic carbocycles. The van der Waals surface area contributed by atoms with Gasteiger partial charge in [-0.15, -0.1) is 0 Å². The highest BCUT2D eigenvalue weighted by atomic mass is 19.1. The summed E-state index contributed by atoms with van der Waals surface area (Å²) in [4.78, 5) is 26.0. The first-order valence-corrected chi connectivity index (χ1v) is 5.56. The Morgan fingerprint density at radius 2 is 2.17 bits per heavy atom. The second kappa shape index (κ2) is 6.09. The van der Waals surface area contributed by atoms with Gasteiger partial charge in [0.15, 0.2) is 0 Å². The van der Waals surface area contributed by atoms with Crippen molar-refractivity contribution in [2.45, 2.75) is 26.3 Å². The van der Waals surface area contributed by atoms with Gasteiger partial charge in [0.05, 0.1) is 5.56 Å². The molecular formula is C12H15FN2O3. The molecule has 5 nitrogen and oxygen atoms in total. The fourth-order valence-corrected chi connectivity index (χ4v) is 1.48. The van der Waals surface area contributed by atoms with Crippen molar-refractivity contribution in [2.75, 3.05) is 0 Å². The lowest BCUT2D eigenvalue weighted by molar-refractivity contribution is -0.139. The van der Waals surface area contributed by atoms with Gasteiger partial charge in [0.2, 0.25) is 5.95 Å². The van der Waals surface area contributed by atoms with E-state index in [-0.39, 0.29) is 17.9 Å². The number of hydrogen-bond donors (Lipinski definition) is 2. The molecule has 0 bridgehead atoms. The Morgan fingerprint density at radius 1 is 1.50 bits per heavy atom. The zero-order valence-electron chi connectivity index (χ0n) is 10.2. The number of carbonyl (C=O) groups excluding carboxylic acids is 1. The molecule has 0 unspecified atom stereocenters. The predicted octanol–water partition coefficient (Wildman–Crippen LogP) is 1.45. The van der Waals surface area contributed by atoms with E-state index in [1.807, 2.05) is 13.8 Å². The highest BCUT2D eigenvalue weighted by Gasteiger charge is 2.23. The molecule has 0 saturated heterocycles. The molecule has 18 heavy (non-hydrogen) atoms. The minimum Gasteiger partial charge on any atom is -0.480 e. The normalized spacial score (nSPS) is 12.2. The Hall–Kier alpha value is -1.98. The Labute approximate surface area is 104 Å². The van der Waals surface area contributed by atoms with Crippen LogP contribution in [0.2, 0.25) is 0 Å². The summed E-state index contributed by atoms with van der Waals surface area (Å²) >= 11 is 0. The number of halogens is 1. The fraction of sp³-hybridized carbons (Fsp3) is 0.417. The molecule has 0 aliphatic rings. The number of pyridine rings is 1. The fourth-order valence-electron chi connectivity index (χ4n) is 1.48. The Morgan fingerprint density at radius 3 is 2.67 bits per heavy atom. The SMILES string of the molecule is CC(C)C[C@@H](NC(=O)c1cccnc1F)C(=O)O.